The molecule has 0 saturated heterocycles. The van der Waals surface area contributed by atoms with E-state index in [1.165, 1.54) is 14.2 Å². The van der Waals surface area contributed by atoms with Crippen LogP contribution < -0.4 is 5.32 Å². The van der Waals surface area contributed by atoms with E-state index in [4.69, 9.17) is 9.05 Å². The molecule has 0 aromatic heterocycles. The van der Waals surface area contributed by atoms with Crippen molar-refractivity contribution in [2.75, 3.05) is 20.8 Å². The molecule has 0 radical (unpaired) electrons. The van der Waals surface area contributed by atoms with Gasteiger partial charge in [-0.2, -0.15) is 0 Å². The van der Waals surface area contributed by atoms with Gasteiger partial charge in [-0.1, -0.05) is 37.3 Å². The van der Waals surface area contributed by atoms with Crippen molar-refractivity contribution in [2.45, 2.75) is 12.7 Å². The highest BCUT2D eigenvalue weighted by molar-refractivity contribution is 7.54. The van der Waals surface area contributed by atoms with Gasteiger partial charge < -0.3 is 14.4 Å². The first kappa shape index (κ1) is 13.4. The number of hydrogen-bond donors (Lipinski definition) is 1. The second kappa shape index (κ2) is 6.16. The number of nitrogens with one attached hydrogen (secondary N) is 1. The quantitative estimate of drug-likeness (QED) is 0.780. The zero-order chi connectivity index (χ0) is 12.0. The molecule has 0 amide bonds. The van der Waals surface area contributed by atoms with Gasteiger partial charge in [0, 0.05) is 14.2 Å². The highest BCUT2D eigenvalue weighted by atomic mass is 31.2. The van der Waals surface area contributed by atoms with Gasteiger partial charge in [-0.15, -0.1) is 0 Å². The van der Waals surface area contributed by atoms with Gasteiger partial charge in [-0.25, -0.2) is 0 Å². The predicted molar refractivity (Wildman–Crippen MR) is 64.5 cm³/mol. The van der Waals surface area contributed by atoms with E-state index in [1.807, 2.05) is 37.3 Å². The average molecular weight is 243 g/mol. The Bertz CT molecular complexity index is 348. The minimum absolute atomic E-state index is 0.423. The molecule has 1 aromatic carbocycles. The van der Waals surface area contributed by atoms with Gasteiger partial charge in [-0.3, -0.25) is 4.57 Å². The molecule has 4 nitrogen and oxygen atoms in total. The first-order chi connectivity index (χ1) is 7.68. The van der Waals surface area contributed by atoms with Crippen LogP contribution >= 0.6 is 7.60 Å². The monoisotopic (exact) mass is 243 g/mol. The zero-order valence-electron chi connectivity index (χ0n) is 9.84. The summed E-state index contributed by atoms with van der Waals surface area (Å²) in [5.74, 6) is -0.423. The van der Waals surface area contributed by atoms with Crippen LogP contribution in [0.4, 0.5) is 0 Å². The van der Waals surface area contributed by atoms with Crippen molar-refractivity contribution in [3.8, 4) is 0 Å². The van der Waals surface area contributed by atoms with Gasteiger partial charge in [0.05, 0.1) is 0 Å². The highest BCUT2D eigenvalue weighted by Crippen LogP contribution is 2.58. The van der Waals surface area contributed by atoms with Crippen molar-refractivity contribution in [3.05, 3.63) is 35.9 Å². The molecule has 16 heavy (non-hydrogen) atoms. The van der Waals surface area contributed by atoms with Gasteiger partial charge >= 0.3 is 7.60 Å². The first-order valence-corrected chi connectivity index (χ1v) is 6.78. The molecule has 90 valence electrons. The molecule has 1 rings (SSSR count). The first-order valence-electron chi connectivity index (χ1n) is 5.17. The summed E-state index contributed by atoms with van der Waals surface area (Å²) < 4.78 is 22.4. The largest absolute Gasteiger partial charge is 0.351 e. The fraction of sp³-hybridized carbons (Fsp3) is 0.455. The van der Waals surface area contributed by atoms with Crippen LogP contribution in [0, 0.1) is 0 Å². The van der Waals surface area contributed by atoms with Crippen LogP contribution in [0.15, 0.2) is 30.3 Å². The molecule has 0 aliphatic carbocycles. The van der Waals surface area contributed by atoms with Gasteiger partial charge in [0.15, 0.2) is 0 Å². The van der Waals surface area contributed by atoms with Crippen molar-refractivity contribution in [1.82, 2.24) is 5.32 Å². The molecule has 0 spiro atoms. The van der Waals surface area contributed by atoms with Crippen molar-refractivity contribution in [3.63, 3.8) is 0 Å². The van der Waals surface area contributed by atoms with E-state index in [0.717, 1.165) is 5.56 Å². The fourth-order valence-corrected chi connectivity index (χ4v) is 3.04. The second-order valence-corrected chi connectivity index (χ2v) is 5.60. The molecule has 0 fully saturated rings. The fourth-order valence-electron chi connectivity index (χ4n) is 1.53. The third-order valence-corrected chi connectivity index (χ3v) is 4.47. The molecule has 0 saturated carbocycles. The maximum absolute atomic E-state index is 12.3. The second-order valence-electron chi connectivity index (χ2n) is 3.28. The maximum atomic E-state index is 12.3. The molecule has 5 heteroatoms. The lowest BCUT2D eigenvalue weighted by Gasteiger charge is -2.25. The SMILES string of the molecule is CCNC(c1ccccc1)P(=O)(OC)OC. The van der Waals surface area contributed by atoms with Crippen LogP contribution in [0.1, 0.15) is 18.3 Å². The third-order valence-electron chi connectivity index (χ3n) is 2.34. The summed E-state index contributed by atoms with van der Waals surface area (Å²) in [7, 11) is -0.340. The lowest BCUT2D eigenvalue weighted by molar-refractivity contribution is 0.260. The van der Waals surface area contributed by atoms with E-state index in [1.54, 1.807) is 0 Å². The summed E-state index contributed by atoms with van der Waals surface area (Å²) in [5.41, 5.74) is 0.899. The Morgan fingerprint density at radius 2 is 1.81 bits per heavy atom. The minimum atomic E-state index is -3.14. The number of hydrogen-bond acceptors (Lipinski definition) is 4. The standard InChI is InChI=1S/C11H18NO3P/c1-4-12-11(16(13,14-2)15-3)10-8-6-5-7-9-10/h5-9,11-12H,4H2,1-3H3. The molecule has 0 bridgehead atoms. The third kappa shape index (κ3) is 2.92. The molecular formula is C11H18NO3P. The Labute approximate surface area is 96.5 Å². The lowest BCUT2D eigenvalue weighted by atomic mass is 10.2. The highest BCUT2D eigenvalue weighted by Gasteiger charge is 2.34. The topological polar surface area (TPSA) is 47.6 Å². The Morgan fingerprint density at radius 1 is 1.25 bits per heavy atom. The summed E-state index contributed by atoms with van der Waals surface area (Å²) in [6, 6.07) is 9.51. The van der Waals surface area contributed by atoms with Crippen LogP contribution in [0.5, 0.6) is 0 Å². The van der Waals surface area contributed by atoms with Crippen molar-refractivity contribution < 1.29 is 13.6 Å². The molecule has 1 unspecified atom stereocenters. The summed E-state index contributed by atoms with van der Waals surface area (Å²) >= 11 is 0. The Balaban J connectivity index is 3.04. The van der Waals surface area contributed by atoms with E-state index in [0.29, 0.717) is 6.54 Å². The van der Waals surface area contributed by atoms with E-state index in [2.05, 4.69) is 5.32 Å². The minimum Gasteiger partial charge on any atom is -0.311 e. The van der Waals surface area contributed by atoms with E-state index < -0.39 is 13.4 Å². The van der Waals surface area contributed by atoms with Gasteiger partial charge in [0.2, 0.25) is 0 Å². The van der Waals surface area contributed by atoms with Gasteiger partial charge in [-0.05, 0) is 12.1 Å². The van der Waals surface area contributed by atoms with E-state index in [9.17, 15) is 4.57 Å². The van der Waals surface area contributed by atoms with Crippen molar-refractivity contribution in [2.24, 2.45) is 0 Å². The van der Waals surface area contributed by atoms with Crippen molar-refractivity contribution >= 4 is 7.60 Å². The van der Waals surface area contributed by atoms with Gasteiger partial charge in [0.25, 0.3) is 0 Å². The lowest BCUT2D eigenvalue weighted by Crippen LogP contribution is -2.22. The van der Waals surface area contributed by atoms with Crippen LogP contribution in [0.3, 0.4) is 0 Å². The molecule has 0 aliphatic rings. The summed E-state index contributed by atoms with van der Waals surface area (Å²) in [4.78, 5) is 0. The normalized spacial score (nSPS) is 13.7. The van der Waals surface area contributed by atoms with Crippen LogP contribution in [-0.4, -0.2) is 20.8 Å². The van der Waals surface area contributed by atoms with Crippen LogP contribution in [-0.2, 0) is 13.6 Å². The molecule has 1 aromatic rings. The average Bonchev–Trinajstić information content (AvgIpc) is 2.36. The molecule has 1 atom stereocenters. The predicted octanol–water partition coefficient (Wildman–Crippen LogP) is 2.78. The Kier molecular flexibility index (Phi) is 5.16. The van der Waals surface area contributed by atoms with Crippen molar-refractivity contribution in [1.29, 1.82) is 0 Å². The smallest absolute Gasteiger partial charge is 0.311 e. The van der Waals surface area contributed by atoms with Crippen LogP contribution in [0.2, 0.25) is 0 Å². The molecule has 0 heterocycles. The zero-order valence-corrected chi connectivity index (χ0v) is 10.7. The molecule has 0 aliphatic heterocycles. The number of benzene rings is 1. The summed E-state index contributed by atoms with van der Waals surface area (Å²) in [6.45, 7) is 2.64. The molecule has 1 N–H and O–H groups in total. The maximum Gasteiger partial charge on any atom is 0.351 e. The summed E-state index contributed by atoms with van der Waals surface area (Å²) in [5, 5.41) is 3.13. The molecular weight excluding hydrogens is 225 g/mol. The Hall–Kier alpha value is -0.670. The van der Waals surface area contributed by atoms with E-state index in [-0.39, 0.29) is 0 Å². The van der Waals surface area contributed by atoms with Crippen LogP contribution in [0.25, 0.3) is 0 Å². The Morgan fingerprint density at radius 3 is 2.25 bits per heavy atom. The van der Waals surface area contributed by atoms with Gasteiger partial charge in [0.1, 0.15) is 5.78 Å². The van der Waals surface area contributed by atoms with E-state index >= 15 is 0 Å². The number of rotatable bonds is 6. The summed E-state index contributed by atoms with van der Waals surface area (Å²) in [6.07, 6.45) is 0.